The van der Waals surface area contributed by atoms with Gasteiger partial charge >= 0.3 is 0 Å². The summed E-state index contributed by atoms with van der Waals surface area (Å²) >= 11 is 0. The molecule has 0 saturated heterocycles. The summed E-state index contributed by atoms with van der Waals surface area (Å²) in [5.74, 6) is 1.07. The molecule has 1 fully saturated rings. The first-order valence-electron chi connectivity index (χ1n) is 7.35. The Balaban J connectivity index is 2.16. The fourth-order valence-electron chi connectivity index (χ4n) is 3.06. The Hall–Kier alpha value is -0.990. The highest BCUT2D eigenvalue weighted by atomic mass is 15.2. The van der Waals surface area contributed by atoms with Gasteiger partial charge in [-0.25, -0.2) is 4.98 Å². The van der Waals surface area contributed by atoms with Crippen LogP contribution in [-0.4, -0.2) is 15.1 Å². The molecule has 1 aliphatic carbocycles. The van der Waals surface area contributed by atoms with Crippen LogP contribution in [0.5, 0.6) is 0 Å². The Morgan fingerprint density at radius 1 is 1.39 bits per heavy atom. The van der Waals surface area contributed by atoms with E-state index in [0.29, 0.717) is 6.04 Å². The highest BCUT2D eigenvalue weighted by Gasteiger charge is 2.23. The number of anilines is 1. The zero-order valence-corrected chi connectivity index (χ0v) is 12.3. The maximum absolute atomic E-state index is 4.67. The number of imidazole rings is 1. The molecule has 1 N–H and O–H groups in total. The quantitative estimate of drug-likeness (QED) is 0.843. The van der Waals surface area contributed by atoms with Crippen molar-refractivity contribution in [3.63, 3.8) is 0 Å². The molecular weight excluding hydrogens is 222 g/mol. The van der Waals surface area contributed by atoms with Crippen molar-refractivity contribution in [2.45, 2.75) is 77.8 Å². The van der Waals surface area contributed by atoms with E-state index in [0.717, 1.165) is 11.6 Å². The molecule has 0 bridgehead atoms. The van der Waals surface area contributed by atoms with E-state index in [2.05, 4.69) is 48.8 Å². The first-order chi connectivity index (χ1) is 8.52. The minimum Gasteiger partial charge on any atom is -0.351 e. The molecule has 0 radical (unpaired) electrons. The largest absolute Gasteiger partial charge is 0.351 e. The molecule has 1 aliphatic rings. The lowest BCUT2D eigenvalue weighted by Crippen LogP contribution is -2.32. The van der Waals surface area contributed by atoms with Gasteiger partial charge < -0.3 is 9.88 Å². The zero-order chi connectivity index (χ0) is 13.2. The molecule has 1 saturated carbocycles. The minimum atomic E-state index is 0.128. The smallest absolute Gasteiger partial charge is 0.203 e. The van der Waals surface area contributed by atoms with E-state index in [1.54, 1.807) is 0 Å². The van der Waals surface area contributed by atoms with Crippen LogP contribution in [0.25, 0.3) is 0 Å². The molecular formula is C15H27N3. The monoisotopic (exact) mass is 249 g/mol. The molecule has 18 heavy (non-hydrogen) atoms. The summed E-state index contributed by atoms with van der Waals surface area (Å²) in [4.78, 5) is 4.67. The maximum atomic E-state index is 4.67. The lowest BCUT2D eigenvalue weighted by Gasteiger charge is -2.28. The van der Waals surface area contributed by atoms with Crippen LogP contribution in [0.15, 0.2) is 6.20 Å². The van der Waals surface area contributed by atoms with Gasteiger partial charge in [0.25, 0.3) is 0 Å². The van der Waals surface area contributed by atoms with E-state index in [-0.39, 0.29) is 5.54 Å². The Labute approximate surface area is 111 Å². The molecule has 3 heteroatoms. The summed E-state index contributed by atoms with van der Waals surface area (Å²) in [5.41, 5.74) is 1.25. The molecule has 0 unspecified atom stereocenters. The first kappa shape index (κ1) is 13.4. The van der Waals surface area contributed by atoms with Crippen molar-refractivity contribution in [2.24, 2.45) is 0 Å². The Morgan fingerprint density at radius 3 is 2.67 bits per heavy atom. The average molecular weight is 249 g/mol. The molecule has 1 heterocycles. The van der Waals surface area contributed by atoms with Crippen molar-refractivity contribution in [1.82, 2.24) is 9.55 Å². The van der Waals surface area contributed by atoms with E-state index in [1.165, 1.54) is 38.5 Å². The van der Waals surface area contributed by atoms with E-state index in [1.807, 2.05) is 0 Å². The summed E-state index contributed by atoms with van der Waals surface area (Å²) < 4.78 is 2.37. The predicted octanol–water partition coefficient (Wildman–Crippen LogP) is 4.30. The number of hydrogen-bond donors (Lipinski definition) is 1. The van der Waals surface area contributed by atoms with Crippen LogP contribution >= 0.6 is 0 Å². The second-order valence-corrected chi connectivity index (χ2v) is 6.31. The van der Waals surface area contributed by atoms with Gasteiger partial charge in [-0.2, -0.15) is 0 Å². The number of aryl methyl sites for hydroxylation is 1. The molecule has 0 atom stereocenters. The number of nitrogens with zero attached hydrogens (tertiary/aromatic N) is 2. The van der Waals surface area contributed by atoms with Crippen molar-refractivity contribution in [3.05, 3.63) is 11.9 Å². The third kappa shape index (κ3) is 3.06. The summed E-state index contributed by atoms with van der Waals surface area (Å²) in [7, 11) is 0. The number of hydrogen-bond acceptors (Lipinski definition) is 2. The minimum absolute atomic E-state index is 0.128. The first-order valence-corrected chi connectivity index (χ1v) is 7.35. The second kappa shape index (κ2) is 5.33. The highest BCUT2D eigenvalue weighted by molar-refractivity contribution is 5.33. The van der Waals surface area contributed by atoms with Crippen LogP contribution in [-0.2, 0) is 0 Å². The summed E-state index contributed by atoms with van der Waals surface area (Å²) in [6.07, 6.45) is 9.91. The number of nitrogens with one attached hydrogen (secondary N) is 1. The van der Waals surface area contributed by atoms with Gasteiger partial charge in [-0.3, -0.25) is 0 Å². The fraction of sp³-hybridized carbons (Fsp3) is 0.800. The number of aromatic nitrogens is 2. The van der Waals surface area contributed by atoms with Crippen LogP contribution in [0.3, 0.4) is 0 Å². The average Bonchev–Trinajstić information content (AvgIpc) is 2.86. The summed E-state index contributed by atoms with van der Waals surface area (Å²) in [6, 6.07) is 0.658. The van der Waals surface area contributed by atoms with Crippen molar-refractivity contribution >= 4 is 5.95 Å². The molecule has 3 nitrogen and oxygen atoms in total. The SMILES string of the molecule is CCCC(C)(C)Nc1nc(C)cn1C1CCCC1. The van der Waals surface area contributed by atoms with Crippen LogP contribution in [0.1, 0.15) is 71.0 Å². The molecule has 0 aromatic carbocycles. The Morgan fingerprint density at radius 2 is 2.06 bits per heavy atom. The van der Waals surface area contributed by atoms with Crippen LogP contribution in [0, 0.1) is 6.92 Å². The molecule has 1 aromatic heterocycles. The lowest BCUT2D eigenvalue weighted by atomic mass is 9.99. The van der Waals surface area contributed by atoms with Gasteiger partial charge in [-0.05, 0) is 40.0 Å². The second-order valence-electron chi connectivity index (χ2n) is 6.31. The zero-order valence-electron chi connectivity index (χ0n) is 12.3. The Kier molecular flexibility index (Phi) is 3.98. The van der Waals surface area contributed by atoms with Crippen LogP contribution in [0.2, 0.25) is 0 Å². The van der Waals surface area contributed by atoms with Crippen molar-refractivity contribution < 1.29 is 0 Å². The lowest BCUT2D eigenvalue weighted by molar-refractivity contribution is 0.481. The standard InChI is InChI=1S/C15H27N3/c1-5-10-15(3,4)17-14-16-12(2)11-18(14)13-8-6-7-9-13/h11,13H,5-10H2,1-4H3,(H,16,17). The van der Waals surface area contributed by atoms with E-state index >= 15 is 0 Å². The topological polar surface area (TPSA) is 29.9 Å². The van der Waals surface area contributed by atoms with Crippen molar-refractivity contribution in [3.8, 4) is 0 Å². The predicted molar refractivity (Wildman–Crippen MR) is 77.1 cm³/mol. The molecule has 2 rings (SSSR count). The third-order valence-corrected chi connectivity index (χ3v) is 3.90. The van der Waals surface area contributed by atoms with Crippen molar-refractivity contribution in [1.29, 1.82) is 0 Å². The number of rotatable bonds is 5. The van der Waals surface area contributed by atoms with E-state index < -0.39 is 0 Å². The van der Waals surface area contributed by atoms with Gasteiger partial charge in [0.05, 0.1) is 5.69 Å². The van der Waals surface area contributed by atoms with Gasteiger partial charge in [-0.1, -0.05) is 26.2 Å². The van der Waals surface area contributed by atoms with Crippen LogP contribution < -0.4 is 5.32 Å². The van der Waals surface area contributed by atoms with Crippen LogP contribution in [0.4, 0.5) is 5.95 Å². The van der Waals surface area contributed by atoms with E-state index in [9.17, 15) is 0 Å². The van der Waals surface area contributed by atoms with Gasteiger partial charge in [0.15, 0.2) is 0 Å². The van der Waals surface area contributed by atoms with Gasteiger partial charge in [-0.15, -0.1) is 0 Å². The molecule has 1 aromatic rings. The molecule has 0 spiro atoms. The highest BCUT2D eigenvalue weighted by Crippen LogP contribution is 2.33. The fourth-order valence-corrected chi connectivity index (χ4v) is 3.06. The molecule has 0 amide bonds. The summed E-state index contributed by atoms with van der Waals surface area (Å²) in [5, 5.41) is 3.64. The van der Waals surface area contributed by atoms with Gasteiger partial charge in [0, 0.05) is 17.8 Å². The Bertz CT molecular complexity index is 386. The molecule has 0 aliphatic heterocycles. The van der Waals surface area contributed by atoms with Gasteiger partial charge in [0.1, 0.15) is 0 Å². The summed E-state index contributed by atoms with van der Waals surface area (Å²) in [6.45, 7) is 8.85. The van der Waals surface area contributed by atoms with Gasteiger partial charge in [0.2, 0.25) is 5.95 Å². The van der Waals surface area contributed by atoms with E-state index in [4.69, 9.17) is 0 Å². The third-order valence-electron chi connectivity index (χ3n) is 3.90. The molecule has 102 valence electrons. The normalized spacial score (nSPS) is 17.3. The van der Waals surface area contributed by atoms with Crippen molar-refractivity contribution in [2.75, 3.05) is 5.32 Å². The maximum Gasteiger partial charge on any atom is 0.203 e.